The van der Waals surface area contributed by atoms with Crippen LogP contribution in [-0.4, -0.2) is 17.1 Å². The Morgan fingerprint density at radius 3 is 2.65 bits per heavy atom. The normalized spacial score (nSPS) is 10.3. The number of rotatable bonds is 2. The van der Waals surface area contributed by atoms with Crippen molar-refractivity contribution in [1.29, 1.82) is 0 Å². The molecule has 0 amide bonds. The Bertz CT molecular complexity index is 560. The van der Waals surface area contributed by atoms with Crippen LogP contribution in [0.1, 0.15) is 0 Å². The van der Waals surface area contributed by atoms with Gasteiger partial charge in [-0.15, -0.1) is 0 Å². The summed E-state index contributed by atoms with van der Waals surface area (Å²) in [5.74, 6) is -1.02. The Hall–Kier alpha value is -2.24. The fraction of sp³-hybridized carbons (Fsp3) is 0.0909. The number of halogens is 2. The van der Waals surface area contributed by atoms with Crippen LogP contribution in [0.5, 0.6) is 5.88 Å². The summed E-state index contributed by atoms with van der Waals surface area (Å²) in [6.45, 7) is 0. The molecule has 6 heteroatoms. The summed E-state index contributed by atoms with van der Waals surface area (Å²) in [5, 5.41) is 0. The van der Waals surface area contributed by atoms with Crippen molar-refractivity contribution in [3.8, 4) is 17.1 Å². The Balaban J connectivity index is 2.59. The monoisotopic (exact) mass is 237 g/mol. The molecule has 0 aliphatic carbocycles. The summed E-state index contributed by atoms with van der Waals surface area (Å²) in [4.78, 5) is 7.59. The number of nitrogen functional groups attached to an aromatic ring is 1. The molecule has 88 valence electrons. The van der Waals surface area contributed by atoms with E-state index < -0.39 is 11.6 Å². The molecule has 0 aliphatic rings. The standard InChI is InChI=1S/C11H9F2N3O/c1-17-10-5-9(15-11(14)16-10)7-4-6(12)2-3-8(7)13/h2-5H,1H3,(H2,14,15,16). The molecule has 0 saturated heterocycles. The van der Waals surface area contributed by atoms with Crippen molar-refractivity contribution in [2.24, 2.45) is 0 Å². The number of nitrogens with zero attached hydrogens (tertiary/aromatic N) is 2. The van der Waals surface area contributed by atoms with E-state index in [0.717, 1.165) is 18.2 Å². The van der Waals surface area contributed by atoms with Gasteiger partial charge in [-0.25, -0.2) is 13.8 Å². The second-order valence-corrected chi connectivity index (χ2v) is 3.28. The third-order valence-corrected chi connectivity index (χ3v) is 2.13. The van der Waals surface area contributed by atoms with E-state index in [1.54, 1.807) is 0 Å². The van der Waals surface area contributed by atoms with Gasteiger partial charge in [-0.2, -0.15) is 4.98 Å². The first-order chi connectivity index (χ1) is 8.10. The van der Waals surface area contributed by atoms with Crippen LogP contribution in [0.4, 0.5) is 14.7 Å². The summed E-state index contributed by atoms with van der Waals surface area (Å²) in [5.41, 5.74) is 5.63. The minimum Gasteiger partial charge on any atom is -0.481 e. The minimum atomic E-state index is -0.591. The van der Waals surface area contributed by atoms with Crippen molar-refractivity contribution in [3.05, 3.63) is 35.9 Å². The van der Waals surface area contributed by atoms with Gasteiger partial charge in [0.15, 0.2) is 0 Å². The summed E-state index contributed by atoms with van der Waals surface area (Å²) in [7, 11) is 1.40. The van der Waals surface area contributed by atoms with Crippen molar-refractivity contribution in [2.75, 3.05) is 12.8 Å². The second-order valence-electron chi connectivity index (χ2n) is 3.28. The minimum absolute atomic E-state index is 0.0115. The highest BCUT2D eigenvalue weighted by molar-refractivity contribution is 5.62. The van der Waals surface area contributed by atoms with Gasteiger partial charge in [-0.1, -0.05) is 0 Å². The first-order valence-electron chi connectivity index (χ1n) is 4.74. The van der Waals surface area contributed by atoms with Gasteiger partial charge in [0, 0.05) is 11.6 Å². The van der Waals surface area contributed by atoms with E-state index in [1.165, 1.54) is 13.2 Å². The number of nitrogens with two attached hydrogens (primary N) is 1. The molecule has 1 aromatic heterocycles. The summed E-state index contributed by atoms with van der Waals surface area (Å²) < 4.78 is 31.4. The molecule has 0 unspecified atom stereocenters. The van der Waals surface area contributed by atoms with E-state index in [0.29, 0.717) is 0 Å². The Kier molecular flexibility index (Phi) is 2.86. The molecular weight excluding hydrogens is 228 g/mol. The van der Waals surface area contributed by atoms with Gasteiger partial charge >= 0.3 is 0 Å². The molecule has 1 aromatic carbocycles. The molecule has 17 heavy (non-hydrogen) atoms. The molecule has 0 spiro atoms. The average molecular weight is 237 g/mol. The smallest absolute Gasteiger partial charge is 0.223 e. The highest BCUT2D eigenvalue weighted by Crippen LogP contribution is 2.24. The zero-order valence-corrected chi connectivity index (χ0v) is 8.95. The van der Waals surface area contributed by atoms with E-state index in [1.807, 2.05) is 0 Å². The largest absolute Gasteiger partial charge is 0.481 e. The number of methoxy groups -OCH3 is 1. The van der Waals surface area contributed by atoms with Gasteiger partial charge in [0.25, 0.3) is 0 Å². The molecule has 0 radical (unpaired) electrons. The Morgan fingerprint density at radius 2 is 1.94 bits per heavy atom. The van der Waals surface area contributed by atoms with Crippen molar-refractivity contribution in [3.63, 3.8) is 0 Å². The van der Waals surface area contributed by atoms with Crippen molar-refractivity contribution in [2.45, 2.75) is 0 Å². The quantitative estimate of drug-likeness (QED) is 0.867. The van der Waals surface area contributed by atoms with Gasteiger partial charge in [0.1, 0.15) is 11.6 Å². The molecule has 2 N–H and O–H groups in total. The lowest BCUT2D eigenvalue weighted by atomic mass is 10.1. The first-order valence-corrected chi connectivity index (χ1v) is 4.74. The van der Waals surface area contributed by atoms with Gasteiger partial charge in [-0.3, -0.25) is 0 Å². The zero-order valence-electron chi connectivity index (χ0n) is 8.95. The van der Waals surface area contributed by atoms with Crippen LogP contribution in [-0.2, 0) is 0 Å². The first kappa shape index (κ1) is 11.3. The molecule has 1 heterocycles. The van der Waals surface area contributed by atoms with Gasteiger partial charge in [-0.05, 0) is 18.2 Å². The number of aromatic nitrogens is 2. The van der Waals surface area contributed by atoms with Crippen molar-refractivity contribution in [1.82, 2.24) is 9.97 Å². The summed E-state index contributed by atoms with van der Waals surface area (Å²) >= 11 is 0. The van der Waals surface area contributed by atoms with Crippen LogP contribution < -0.4 is 10.5 Å². The van der Waals surface area contributed by atoms with E-state index >= 15 is 0 Å². The number of hydrogen-bond donors (Lipinski definition) is 1. The molecule has 0 atom stereocenters. The Morgan fingerprint density at radius 1 is 1.18 bits per heavy atom. The summed E-state index contributed by atoms with van der Waals surface area (Å²) in [6, 6.07) is 4.47. The Labute approximate surface area is 96.1 Å². The maximum Gasteiger partial charge on any atom is 0.223 e. The third-order valence-electron chi connectivity index (χ3n) is 2.13. The van der Waals surface area contributed by atoms with E-state index in [2.05, 4.69) is 9.97 Å². The maximum atomic E-state index is 13.5. The maximum absolute atomic E-state index is 13.5. The highest BCUT2D eigenvalue weighted by Gasteiger charge is 2.10. The van der Waals surface area contributed by atoms with Crippen LogP contribution in [0.2, 0.25) is 0 Å². The average Bonchev–Trinajstić information content (AvgIpc) is 2.31. The highest BCUT2D eigenvalue weighted by atomic mass is 19.1. The molecule has 0 bridgehead atoms. The van der Waals surface area contributed by atoms with E-state index in [4.69, 9.17) is 10.5 Å². The third kappa shape index (κ3) is 2.30. The fourth-order valence-corrected chi connectivity index (χ4v) is 1.38. The predicted octanol–water partition coefficient (Wildman–Crippen LogP) is 2.01. The molecule has 0 saturated carbocycles. The lowest BCUT2D eigenvalue weighted by Gasteiger charge is -2.06. The van der Waals surface area contributed by atoms with Crippen LogP contribution in [0.3, 0.4) is 0 Å². The van der Waals surface area contributed by atoms with Gasteiger partial charge in [0.05, 0.1) is 12.8 Å². The molecule has 0 fully saturated rings. The zero-order chi connectivity index (χ0) is 12.4. The molecule has 2 aromatic rings. The van der Waals surface area contributed by atoms with Crippen molar-refractivity contribution >= 4 is 5.95 Å². The van der Waals surface area contributed by atoms with Gasteiger partial charge in [0.2, 0.25) is 11.8 Å². The number of benzene rings is 1. The number of ether oxygens (including phenoxy) is 1. The second kappa shape index (κ2) is 4.32. The molecule has 0 aliphatic heterocycles. The topological polar surface area (TPSA) is 61.0 Å². The van der Waals surface area contributed by atoms with Crippen LogP contribution in [0, 0.1) is 11.6 Å². The molecule has 2 rings (SSSR count). The number of anilines is 1. The lowest BCUT2D eigenvalue weighted by Crippen LogP contribution is -2.00. The predicted molar refractivity (Wildman–Crippen MR) is 58.3 cm³/mol. The van der Waals surface area contributed by atoms with Crippen molar-refractivity contribution < 1.29 is 13.5 Å². The van der Waals surface area contributed by atoms with Crippen LogP contribution in [0.25, 0.3) is 11.3 Å². The molecule has 4 nitrogen and oxygen atoms in total. The van der Waals surface area contributed by atoms with Crippen LogP contribution >= 0.6 is 0 Å². The number of hydrogen-bond acceptors (Lipinski definition) is 4. The van der Waals surface area contributed by atoms with E-state index in [-0.39, 0.29) is 23.1 Å². The van der Waals surface area contributed by atoms with Gasteiger partial charge < -0.3 is 10.5 Å². The SMILES string of the molecule is COc1cc(-c2cc(F)ccc2F)nc(N)n1. The van der Waals surface area contributed by atoms with E-state index in [9.17, 15) is 8.78 Å². The fourth-order valence-electron chi connectivity index (χ4n) is 1.38. The molecular formula is C11H9F2N3O. The summed E-state index contributed by atoms with van der Waals surface area (Å²) in [6.07, 6.45) is 0. The lowest BCUT2D eigenvalue weighted by molar-refractivity contribution is 0.398. The van der Waals surface area contributed by atoms with Crippen LogP contribution in [0.15, 0.2) is 24.3 Å².